The summed E-state index contributed by atoms with van der Waals surface area (Å²) in [6.45, 7) is 20.9. The molecular weight excluding hydrogens is 256 g/mol. The highest BCUT2D eigenvalue weighted by Gasteiger charge is 2.42. The minimum Gasteiger partial charge on any atom is -0.462 e. The second-order valence-corrected chi connectivity index (χ2v) is 18.4. The van der Waals surface area contributed by atoms with Crippen LogP contribution in [0.1, 0.15) is 27.7 Å². The van der Waals surface area contributed by atoms with Crippen molar-refractivity contribution in [1.29, 1.82) is 0 Å². The van der Waals surface area contributed by atoms with Gasteiger partial charge in [-0.25, -0.2) is 0 Å². The van der Waals surface area contributed by atoms with Gasteiger partial charge in [0, 0.05) is 6.92 Å². The van der Waals surface area contributed by atoms with Gasteiger partial charge in [-0.15, -0.1) is 0 Å². The van der Waals surface area contributed by atoms with Crippen molar-refractivity contribution >= 4 is 22.1 Å². The normalized spacial score (nSPS) is 14.6. The Morgan fingerprint density at radius 3 is 1.83 bits per heavy atom. The average molecular weight is 287 g/mol. The summed E-state index contributed by atoms with van der Waals surface area (Å²) < 4.78 is 5.10. The molecule has 0 spiro atoms. The number of ether oxygens (including phenoxy) is 1. The zero-order valence-electron chi connectivity index (χ0n) is 13.6. The largest absolute Gasteiger partial charge is 0.462 e. The molecule has 0 rings (SSSR count). The molecule has 0 bridgehead atoms. The Balaban J connectivity index is 5.33. The van der Waals surface area contributed by atoms with Crippen molar-refractivity contribution in [2.75, 3.05) is 6.61 Å². The highest BCUT2D eigenvalue weighted by Crippen LogP contribution is 2.43. The van der Waals surface area contributed by atoms with Crippen LogP contribution in [-0.4, -0.2) is 28.7 Å². The molecule has 0 aromatic carbocycles. The van der Waals surface area contributed by atoms with E-state index in [-0.39, 0.29) is 5.97 Å². The van der Waals surface area contributed by atoms with Gasteiger partial charge in [0.25, 0.3) is 0 Å². The molecule has 0 aromatic rings. The van der Waals surface area contributed by atoms with E-state index in [0.717, 1.165) is 0 Å². The topological polar surface area (TPSA) is 26.3 Å². The summed E-state index contributed by atoms with van der Waals surface area (Å²) in [4.78, 5) is 12.5. The lowest BCUT2D eigenvalue weighted by atomic mass is 10.2. The summed E-state index contributed by atoms with van der Waals surface area (Å²) in [5.74, 6) is -0.198. The zero-order valence-corrected chi connectivity index (χ0v) is 15.6. The first-order valence-corrected chi connectivity index (χ1v) is 13.1. The van der Waals surface area contributed by atoms with Gasteiger partial charge >= 0.3 is 5.97 Å². The van der Waals surface area contributed by atoms with Crippen LogP contribution in [-0.2, 0) is 9.53 Å². The molecule has 0 N–H and O–H groups in total. The SMILES string of the molecule is CC(=O)OC/C=C(/[Si](C)(C)C)[Si](C)(C)C(C)(C)C. The maximum atomic E-state index is 10.9. The molecule has 0 amide bonds. The Bertz CT molecular complexity index is 331. The van der Waals surface area contributed by atoms with Crippen LogP contribution in [0.15, 0.2) is 10.9 Å². The quantitative estimate of drug-likeness (QED) is 0.565. The molecule has 0 radical (unpaired) electrons. The zero-order chi connectivity index (χ0) is 14.8. The Kier molecular flexibility index (Phi) is 5.62. The van der Waals surface area contributed by atoms with Gasteiger partial charge in [0.1, 0.15) is 6.61 Å². The molecule has 18 heavy (non-hydrogen) atoms. The van der Waals surface area contributed by atoms with E-state index in [1.54, 1.807) is 4.82 Å². The lowest BCUT2D eigenvalue weighted by Crippen LogP contribution is -2.48. The van der Waals surface area contributed by atoms with Crippen LogP contribution in [0.5, 0.6) is 0 Å². The highest BCUT2D eigenvalue weighted by atomic mass is 28.4. The molecule has 0 aliphatic rings. The smallest absolute Gasteiger partial charge is 0.302 e. The maximum absolute atomic E-state index is 10.9. The summed E-state index contributed by atoms with van der Waals surface area (Å²) in [5, 5.41) is 0.329. The molecule has 0 aromatic heterocycles. The fraction of sp³-hybridized carbons (Fsp3) is 0.786. The highest BCUT2D eigenvalue weighted by molar-refractivity contribution is 7.06. The second-order valence-electron chi connectivity index (χ2n) is 7.55. The predicted molar refractivity (Wildman–Crippen MR) is 85.3 cm³/mol. The summed E-state index contributed by atoms with van der Waals surface area (Å²) in [6.07, 6.45) is 2.20. The van der Waals surface area contributed by atoms with Crippen molar-refractivity contribution in [3.63, 3.8) is 0 Å². The van der Waals surface area contributed by atoms with E-state index in [2.05, 4.69) is 59.6 Å². The van der Waals surface area contributed by atoms with Crippen molar-refractivity contribution in [3.8, 4) is 0 Å². The Morgan fingerprint density at radius 2 is 1.56 bits per heavy atom. The van der Waals surface area contributed by atoms with Gasteiger partial charge in [0.2, 0.25) is 0 Å². The molecule has 0 saturated carbocycles. The monoisotopic (exact) mass is 286 g/mol. The summed E-state index contributed by atoms with van der Waals surface area (Å²) in [7, 11) is -2.88. The van der Waals surface area contributed by atoms with E-state index >= 15 is 0 Å². The van der Waals surface area contributed by atoms with E-state index in [0.29, 0.717) is 11.6 Å². The number of carbonyl (C=O) groups is 1. The third-order valence-electron chi connectivity index (χ3n) is 3.93. The number of rotatable bonds is 4. The molecule has 0 heterocycles. The van der Waals surface area contributed by atoms with Gasteiger partial charge < -0.3 is 4.74 Å². The fourth-order valence-electron chi connectivity index (χ4n) is 2.15. The van der Waals surface area contributed by atoms with E-state index < -0.39 is 16.1 Å². The Morgan fingerprint density at radius 1 is 1.11 bits per heavy atom. The van der Waals surface area contributed by atoms with Crippen LogP contribution in [0.4, 0.5) is 0 Å². The third-order valence-corrected chi connectivity index (χ3v) is 15.2. The molecule has 4 heteroatoms. The summed E-state index contributed by atoms with van der Waals surface area (Å²) in [6, 6.07) is 0. The molecule has 0 saturated heterocycles. The van der Waals surface area contributed by atoms with Crippen LogP contribution in [0.25, 0.3) is 0 Å². The van der Waals surface area contributed by atoms with E-state index in [4.69, 9.17) is 4.74 Å². The molecular formula is C14H30O2Si2. The molecule has 0 unspecified atom stereocenters. The van der Waals surface area contributed by atoms with Crippen LogP contribution in [0.2, 0.25) is 37.8 Å². The average Bonchev–Trinajstić information content (AvgIpc) is 2.07. The molecule has 0 fully saturated rings. The van der Waals surface area contributed by atoms with Crippen molar-refractivity contribution in [3.05, 3.63) is 10.9 Å². The van der Waals surface area contributed by atoms with E-state index in [1.807, 2.05) is 0 Å². The van der Waals surface area contributed by atoms with Crippen molar-refractivity contribution < 1.29 is 9.53 Å². The fourth-order valence-corrected chi connectivity index (χ4v) is 12.9. The Labute approximate surface area is 115 Å². The number of esters is 1. The molecule has 106 valence electrons. The van der Waals surface area contributed by atoms with Gasteiger partial charge in [-0.3, -0.25) is 4.79 Å². The third kappa shape index (κ3) is 4.73. The van der Waals surface area contributed by atoms with Crippen molar-refractivity contribution in [1.82, 2.24) is 0 Å². The number of hydrogen-bond acceptors (Lipinski definition) is 2. The molecule has 0 aliphatic heterocycles. The standard InChI is InChI=1S/C14H30O2Si2/c1-12(15)16-11-10-13(17(5,6)7)18(8,9)14(2,3)4/h10H,11H2,1-9H3/b13-10-. The molecule has 2 nitrogen and oxygen atoms in total. The lowest BCUT2D eigenvalue weighted by Gasteiger charge is -2.44. The van der Waals surface area contributed by atoms with Gasteiger partial charge in [0.15, 0.2) is 0 Å². The first-order valence-electron chi connectivity index (χ1n) is 6.64. The van der Waals surface area contributed by atoms with Gasteiger partial charge in [-0.05, 0) is 5.04 Å². The lowest BCUT2D eigenvalue weighted by molar-refractivity contribution is -0.139. The number of carbonyl (C=O) groups excluding carboxylic acids is 1. The van der Waals surface area contributed by atoms with Gasteiger partial charge in [0.05, 0.1) is 16.1 Å². The van der Waals surface area contributed by atoms with Crippen molar-refractivity contribution in [2.24, 2.45) is 0 Å². The van der Waals surface area contributed by atoms with Crippen LogP contribution < -0.4 is 0 Å². The first-order chi connectivity index (χ1) is 7.80. The van der Waals surface area contributed by atoms with Crippen LogP contribution in [0, 0.1) is 0 Å². The first kappa shape index (κ1) is 17.6. The van der Waals surface area contributed by atoms with Crippen LogP contribution >= 0.6 is 0 Å². The minimum atomic E-state index is -1.51. The van der Waals surface area contributed by atoms with Crippen molar-refractivity contribution in [2.45, 2.75) is 65.5 Å². The Hall–Kier alpha value is -0.356. The predicted octanol–water partition coefficient (Wildman–Crippen LogP) is 4.40. The summed E-state index contributed by atoms with van der Waals surface area (Å²) >= 11 is 0. The minimum absolute atomic E-state index is 0.198. The summed E-state index contributed by atoms with van der Waals surface area (Å²) in [5.41, 5.74) is 0. The van der Waals surface area contributed by atoms with E-state index in [1.165, 1.54) is 6.92 Å². The van der Waals surface area contributed by atoms with E-state index in [9.17, 15) is 4.79 Å². The molecule has 0 atom stereocenters. The maximum Gasteiger partial charge on any atom is 0.302 e. The van der Waals surface area contributed by atoms with Gasteiger partial charge in [-0.1, -0.05) is 64.4 Å². The number of hydrogen-bond donors (Lipinski definition) is 0. The van der Waals surface area contributed by atoms with Gasteiger partial charge in [-0.2, -0.15) is 0 Å². The molecule has 0 aliphatic carbocycles. The van der Waals surface area contributed by atoms with Crippen LogP contribution in [0.3, 0.4) is 0 Å². The second kappa shape index (κ2) is 5.74.